The molecule has 0 bridgehead atoms. The summed E-state index contributed by atoms with van der Waals surface area (Å²) in [6.07, 6.45) is 7.16. The Morgan fingerprint density at radius 2 is 1.51 bits per heavy atom. The lowest BCUT2D eigenvalue weighted by Gasteiger charge is -2.31. The van der Waals surface area contributed by atoms with Crippen molar-refractivity contribution >= 4 is 15.4 Å². The molecule has 7 heteroatoms. The molecule has 1 unspecified atom stereocenters. The summed E-state index contributed by atoms with van der Waals surface area (Å²) in [5.41, 5.74) is 1.62. The molecule has 1 aromatic carbocycles. The fraction of sp³-hybridized carbons (Fsp3) is 0.533. The highest BCUT2D eigenvalue weighted by atomic mass is 32.2. The minimum absolute atomic E-state index is 0.0281. The maximum absolute atomic E-state index is 13.9. The van der Waals surface area contributed by atoms with E-state index in [0.29, 0.717) is 23.1 Å². The highest BCUT2D eigenvalue weighted by molar-refractivity contribution is 7.91. The topological polar surface area (TPSA) is 60.2 Å². The van der Waals surface area contributed by atoms with Crippen molar-refractivity contribution in [3.63, 3.8) is 0 Å². The third-order valence-electron chi connectivity index (χ3n) is 6.67. The molecule has 0 aliphatic rings. The predicted molar refractivity (Wildman–Crippen MR) is 151 cm³/mol. The van der Waals surface area contributed by atoms with Gasteiger partial charge < -0.3 is 13.9 Å². The Morgan fingerprint density at radius 1 is 0.892 bits per heavy atom. The third kappa shape index (κ3) is 6.88. The van der Waals surface area contributed by atoms with Gasteiger partial charge in [0.25, 0.3) is 0 Å². The summed E-state index contributed by atoms with van der Waals surface area (Å²) in [7, 11) is -3.78. The molecule has 0 aliphatic heterocycles. The molecule has 3 rings (SSSR count). The lowest BCUT2D eigenvalue weighted by Crippen LogP contribution is -2.40. The van der Waals surface area contributed by atoms with Crippen LogP contribution in [0.3, 0.4) is 0 Å². The first-order chi connectivity index (χ1) is 17.8. The van der Waals surface area contributed by atoms with Crippen molar-refractivity contribution in [2.45, 2.75) is 95.7 Å². The van der Waals surface area contributed by atoms with Crippen LogP contribution in [0, 0.1) is 0 Å². The van der Waals surface area contributed by atoms with Gasteiger partial charge in [-0.25, -0.2) is 8.42 Å². The zero-order valence-electron chi connectivity index (χ0n) is 23.4. The van der Waals surface area contributed by atoms with Gasteiger partial charge in [-0.15, -0.1) is 0 Å². The average molecular weight is 529 g/mol. The van der Waals surface area contributed by atoms with Crippen molar-refractivity contribution in [2.24, 2.45) is 0 Å². The standard InChI is InChI=1S/C30H44N2O4S/c1-7-11-19-31(20-12-8-2)29(9-3)36-25-15-17-27(18-16-25)37(33,34)30-28(23(5)6)21-24-13-14-26(35-10-4)22-32(24)30/h13-18,21-23,29H,7-12,19-20H2,1-6H3. The SMILES string of the molecule is CCCCN(CCCC)C(CC)Oc1ccc(S(=O)(=O)c2c(C(C)C)cc3ccc(OCC)cn23)cc1. The first-order valence-electron chi connectivity index (χ1n) is 13.8. The molecule has 0 saturated heterocycles. The number of aromatic nitrogens is 1. The van der Waals surface area contributed by atoms with Crippen LogP contribution in [0.4, 0.5) is 0 Å². The number of nitrogens with zero attached hydrogens (tertiary/aromatic N) is 2. The van der Waals surface area contributed by atoms with E-state index < -0.39 is 9.84 Å². The van der Waals surface area contributed by atoms with Gasteiger partial charge in [0.1, 0.15) is 16.5 Å². The van der Waals surface area contributed by atoms with E-state index in [4.69, 9.17) is 9.47 Å². The Kier molecular flexibility index (Phi) is 10.5. The van der Waals surface area contributed by atoms with Crippen LogP contribution < -0.4 is 9.47 Å². The third-order valence-corrected chi connectivity index (χ3v) is 8.50. The van der Waals surface area contributed by atoms with E-state index in [2.05, 4.69) is 25.7 Å². The summed E-state index contributed by atoms with van der Waals surface area (Å²) in [6, 6.07) is 12.6. The smallest absolute Gasteiger partial charge is 0.222 e. The highest BCUT2D eigenvalue weighted by Gasteiger charge is 2.28. The molecule has 0 aliphatic carbocycles. The van der Waals surface area contributed by atoms with Gasteiger partial charge in [0.2, 0.25) is 9.84 Å². The Bertz CT molecular complexity index is 1220. The van der Waals surface area contributed by atoms with Crippen LogP contribution in [0.2, 0.25) is 0 Å². The maximum atomic E-state index is 13.9. The number of hydrogen-bond donors (Lipinski definition) is 0. The van der Waals surface area contributed by atoms with Crippen LogP contribution >= 0.6 is 0 Å². The summed E-state index contributed by atoms with van der Waals surface area (Å²) in [5, 5.41) is 0.296. The highest BCUT2D eigenvalue weighted by Crippen LogP contribution is 2.34. The van der Waals surface area contributed by atoms with E-state index in [9.17, 15) is 8.42 Å². The molecule has 0 saturated carbocycles. The molecule has 2 heterocycles. The van der Waals surface area contributed by atoms with Crippen molar-refractivity contribution in [1.82, 2.24) is 9.30 Å². The normalized spacial score (nSPS) is 13.0. The van der Waals surface area contributed by atoms with Crippen molar-refractivity contribution in [3.8, 4) is 11.5 Å². The molecule has 37 heavy (non-hydrogen) atoms. The van der Waals surface area contributed by atoms with E-state index in [1.165, 1.54) is 0 Å². The number of benzene rings is 1. The van der Waals surface area contributed by atoms with E-state index in [-0.39, 0.29) is 17.0 Å². The minimum Gasteiger partial charge on any atom is -0.492 e. The first-order valence-corrected chi connectivity index (χ1v) is 15.3. The van der Waals surface area contributed by atoms with Crippen LogP contribution in [0.1, 0.15) is 85.1 Å². The number of rotatable bonds is 15. The summed E-state index contributed by atoms with van der Waals surface area (Å²) in [4.78, 5) is 2.67. The molecule has 0 spiro atoms. The second kappa shape index (κ2) is 13.3. The van der Waals surface area contributed by atoms with Crippen molar-refractivity contribution in [1.29, 1.82) is 0 Å². The maximum Gasteiger partial charge on any atom is 0.222 e. The number of fused-ring (bicyclic) bond motifs is 1. The van der Waals surface area contributed by atoms with E-state index >= 15 is 0 Å². The summed E-state index contributed by atoms with van der Waals surface area (Å²) < 4.78 is 41.6. The van der Waals surface area contributed by atoms with Gasteiger partial charge in [-0.1, -0.05) is 47.5 Å². The predicted octanol–water partition coefficient (Wildman–Crippen LogP) is 7.31. The quantitative estimate of drug-likeness (QED) is 0.194. The second-order valence-electron chi connectivity index (χ2n) is 9.85. The zero-order chi connectivity index (χ0) is 27.0. The molecule has 3 aromatic rings. The van der Waals surface area contributed by atoms with Gasteiger partial charge in [-0.2, -0.15) is 0 Å². The van der Waals surface area contributed by atoms with Gasteiger partial charge in [-0.3, -0.25) is 4.90 Å². The largest absolute Gasteiger partial charge is 0.492 e. The number of pyridine rings is 1. The lowest BCUT2D eigenvalue weighted by molar-refractivity contribution is 0.0202. The lowest BCUT2D eigenvalue weighted by atomic mass is 10.1. The molecule has 0 N–H and O–H groups in total. The van der Waals surface area contributed by atoms with Crippen LogP contribution in [-0.4, -0.2) is 43.6 Å². The molecule has 0 amide bonds. The van der Waals surface area contributed by atoms with Crippen LogP contribution in [0.15, 0.2) is 58.6 Å². The monoisotopic (exact) mass is 528 g/mol. The van der Waals surface area contributed by atoms with E-state index in [1.54, 1.807) is 34.9 Å². The summed E-state index contributed by atoms with van der Waals surface area (Å²) >= 11 is 0. The van der Waals surface area contributed by atoms with Gasteiger partial charge >= 0.3 is 0 Å². The Labute approximate surface area is 223 Å². The number of hydrogen-bond acceptors (Lipinski definition) is 5. The number of ether oxygens (including phenoxy) is 2. The fourth-order valence-electron chi connectivity index (χ4n) is 4.60. The molecule has 6 nitrogen and oxygen atoms in total. The zero-order valence-corrected chi connectivity index (χ0v) is 24.2. The Morgan fingerprint density at radius 3 is 2.05 bits per heavy atom. The summed E-state index contributed by atoms with van der Waals surface area (Å²) in [5.74, 6) is 1.37. The van der Waals surface area contributed by atoms with E-state index in [0.717, 1.165) is 56.3 Å². The molecular weight excluding hydrogens is 484 g/mol. The molecule has 0 radical (unpaired) electrons. The molecule has 2 aromatic heterocycles. The molecule has 204 valence electrons. The fourth-order valence-corrected chi connectivity index (χ4v) is 6.34. The first kappa shape index (κ1) is 29.1. The van der Waals surface area contributed by atoms with Crippen molar-refractivity contribution in [2.75, 3.05) is 19.7 Å². The Hall–Kier alpha value is -2.51. The molecular formula is C30H44N2O4S. The minimum atomic E-state index is -3.78. The molecule has 0 fully saturated rings. The van der Waals surface area contributed by atoms with Crippen molar-refractivity contribution < 1.29 is 17.9 Å². The molecule has 1 atom stereocenters. The van der Waals surface area contributed by atoms with Gasteiger partial charge in [0.15, 0.2) is 6.23 Å². The summed E-state index contributed by atoms with van der Waals surface area (Å²) in [6.45, 7) is 15.0. The average Bonchev–Trinajstić information content (AvgIpc) is 3.28. The Balaban J connectivity index is 1.93. The second-order valence-corrected chi connectivity index (χ2v) is 11.7. The number of unbranched alkanes of at least 4 members (excludes halogenated alkanes) is 2. The van der Waals surface area contributed by atoms with Crippen molar-refractivity contribution in [3.05, 3.63) is 54.2 Å². The van der Waals surface area contributed by atoms with Gasteiger partial charge in [-0.05, 0) is 80.1 Å². The van der Waals surface area contributed by atoms with Gasteiger partial charge in [0.05, 0.1) is 17.7 Å². The van der Waals surface area contributed by atoms with Gasteiger partial charge in [0, 0.05) is 18.6 Å². The van der Waals surface area contributed by atoms with Crippen LogP contribution in [0.5, 0.6) is 11.5 Å². The van der Waals surface area contributed by atoms with E-state index in [1.807, 2.05) is 39.0 Å². The van der Waals surface area contributed by atoms with Crippen LogP contribution in [-0.2, 0) is 9.84 Å². The number of sulfone groups is 1. The van der Waals surface area contributed by atoms with Crippen LogP contribution in [0.25, 0.3) is 5.52 Å².